The van der Waals surface area contributed by atoms with Crippen molar-refractivity contribution < 1.29 is 34.1 Å². The van der Waals surface area contributed by atoms with Gasteiger partial charge < -0.3 is 14.4 Å². The SMILES string of the molecule is [2H]C(C)(C)c1ccnc(-c2[c-]ccc3c2oc2cc4ccccc4cc23)c1.[2H]C([2H])([2H])c1ccc(-c2[c-]cc(C([2H])([2H])[2H])c(-c3ccccc3)c2)nc1.[Ir]. The van der Waals surface area contributed by atoms with Crippen LogP contribution in [0.4, 0.5) is 0 Å². The molecule has 1 radical (unpaired) electrons. The van der Waals surface area contributed by atoms with Gasteiger partial charge in [-0.15, -0.1) is 47.5 Å². The molecule has 0 unspecified atom stereocenters. The third-order valence-electron chi connectivity index (χ3n) is 7.97. The fourth-order valence-corrected chi connectivity index (χ4v) is 5.54. The van der Waals surface area contributed by atoms with Crippen molar-refractivity contribution in [2.24, 2.45) is 0 Å². The molecule has 0 aliphatic rings. The minimum atomic E-state index is -2.27. The first-order chi connectivity index (χ1) is 25.2. The Morgan fingerprint density at radius 1 is 0.766 bits per heavy atom. The van der Waals surface area contributed by atoms with Crippen LogP contribution in [0.5, 0.6) is 0 Å². The topological polar surface area (TPSA) is 38.9 Å². The minimum absolute atomic E-state index is 0. The molecule has 47 heavy (non-hydrogen) atoms. The summed E-state index contributed by atoms with van der Waals surface area (Å²) in [7, 11) is 0. The van der Waals surface area contributed by atoms with E-state index in [9.17, 15) is 0 Å². The van der Waals surface area contributed by atoms with Crippen LogP contribution in [-0.4, -0.2) is 9.97 Å². The van der Waals surface area contributed by atoms with Gasteiger partial charge in [-0.2, -0.15) is 0 Å². The summed E-state index contributed by atoms with van der Waals surface area (Å²) in [6.07, 6.45) is 3.07. The number of fused-ring (bicyclic) bond motifs is 4. The van der Waals surface area contributed by atoms with Crippen molar-refractivity contribution >= 4 is 32.7 Å². The van der Waals surface area contributed by atoms with Crippen LogP contribution in [0.2, 0.25) is 0 Å². The maximum Gasteiger partial charge on any atom is 0.121 e. The van der Waals surface area contributed by atoms with E-state index in [4.69, 9.17) is 14.0 Å². The summed E-state index contributed by atoms with van der Waals surface area (Å²) in [6.45, 7) is -0.722. The average Bonchev–Trinajstić information content (AvgIpc) is 3.51. The van der Waals surface area contributed by atoms with E-state index in [2.05, 4.69) is 46.4 Å². The smallest absolute Gasteiger partial charge is 0.121 e. The molecule has 0 spiro atoms. The normalized spacial score (nSPS) is 14.0. The van der Waals surface area contributed by atoms with Gasteiger partial charge >= 0.3 is 0 Å². The second-order valence-electron chi connectivity index (χ2n) is 11.3. The minimum Gasteiger partial charge on any atom is -0.501 e. The van der Waals surface area contributed by atoms with Gasteiger partial charge in [0, 0.05) is 47.5 Å². The van der Waals surface area contributed by atoms with E-state index in [0.29, 0.717) is 16.8 Å². The van der Waals surface area contributed by atoms with Crippen LogP contribution in [0.3, 0.4) is 0 Å². The first kappa shape index (κ1) is 24.3. The molecule has 0 bridgehead atoms. The van der Waals surface area contributed by atoms with E-state index >= 15 is 0 Å². The van der Waals surface area contributed by atoms with Crippen LogP contribution in [0, 0.1) is 25.8 Å². The molecule has 0 amide bonds. The Labute approximate surface area is 299 Å². The van der Waals surface area contributed by atoms with Gasteiger partial charge in [0.1, 0.15) is 5.58 Å². The molecule has 8 aromatic rings. The van der Waals surface area contributed by atoms with Crippen LogP contribution in [-0.2, 0) is 20.1 Å². The summed E-state index contributed by atoms with van der Waals surface area (Å²) in [4.78, 5) is 8.73. The summed E-state index contributed by atoms with van der Waals surface area (Å²) in [5, 5.41) is 4.50. The van der Waals surface area contributed by atoms with Crippen LogP contribution >= 0.6 is 0 Å². The van der Waals surface area contributed by atoms with Crippen molar-refractivity contribution in [1.82, 2.24) is 9.97 Å². The number of aromatic nitrogens is 2. The predicted molar refractivity (Wildman–Crippen MR) is 191 cm³/mol. The van der Waals surface area contributed by atoms with Crippen molar-refractivity contribution in [2.45, 2.75) is 33.4 Å². The molecular weight excluding hydrogens is 753 g/mol. The van der Waals surface area contributed by atoms with E-state index in [1.54, 1.807) is 18.3 Å². The molecule has 8 rings (SSSR count). The molecule has 0 aliphatic heterocycles. The average molecular weight is 794 g/mol. The Hall–Kier alpha value is -4.89. The number of nitrogens with zero attached hydrogens (tertiary/aromatic N) is 2. The second kappa shape index (κ2) is 13.8. The van der Waals surface area contributed by atoms with Crippen molar-refractivity contribution in [3.63, 3.8) is 0 Å². The third-order valence-corrected chi connectivity index (χ3v) is 7.97. The van der Waals surface area contributed by atoms with Gasteiger partial charge in [-0.3, -0.25) is 0 Å². The summed E-state index contributed by atoms with van der Waals surface area (Å²) >= 11 is 0. The molecule has 233 valence electrons. The third kappa shape index (κ3) is 6.67. The zero-order valence-corrected chi connectivity index (χ0v) is 28.2. The molecule has 0 saturated carbocycles. The quantitative estimate of drug-likeness (QED) is 0.167. The van der Waals surface area contributed by atoms with Crippen molar-refractivity contribution in [3.05, 3.63) is 156 Å². The Bertz CT molecular complexity index is 2570. The molecule has 0 N–H and O–H groups in total. The fourth-order valence-electron chi connectivity index (χ4n) is 5.54. The molecule has 3 aromatic heterocycles. The summed E-state index contributed by atoms with van der Waals surface area (Å²) < 4.78 is 60.1. The molecular formula is C43H34IrN2O-2. The van der Waals surface area contributed by atoms with Crippen LogP contribution < -0.4 is 0 Å². The first-order valence-corrected chi connectivity index (χ1v) is 15.0. The van der Waals surface area contributed by atoms with Gasteiger partial charge in [-0.05, 0) is 64.2 Å². The van der Waals surface area contributed by atoms with Gasteiger partial charge in [0.05, 0.1) is 5.58 Å². The number of pyridine rings is 2. The zero-order chi connectivity index (χ0) is 37.5. The van der Waals surface area contributed by atoms with Gasteiger partial charge in [-0.1, -0.05) is 116 Å². The number of benzene rings is 5. The van der Waals surface area contributed by atoms with Gasteiger partial charge in [-0.25, -0.2) is 0 Å². The van der Waals surface area contributed by atoms with Crippen molar-refractivity contribution in [3.8, 4) is 33.6 Å². The van der Waals surface area contributed by atoms with Gasteiger partial charge in [0.25, 0.3) is 0 Å². The summed E-state index contributed by atoms with van der Waals surface area (Å²) in [5.74, 6) is -0.683. The maximum absolute atomic E-state index is 8.30. The number of furan rings is 1. The number of rotatable bonds is 4. The number of aryl methyl sites for hydroxylation is 2. The first-order valence-electron chi connectivity index (χ1n) is 18.5. The molecule has 3 nitrogen and oxygen atoms in total. The van der Waals surface area contributed by atoms with Crippen molar-refractivity contribution in [1.29, 1.82) is 0 Å². The van der Waals surface area contributed by atoms with Crippen molar-refractivity contribution in [2.75, 3.05) is 0 Å². The Morgan fingerprint density at radius 2 is 1.57 bits per heavy atom. The van der Waals surface area contributed by atoms with E-state index < -0.39 is 19.6 Å². The van der Waals surface area contributed by atoms with Crippen LogP contribution in [0.15, 0.2) is 132 Å². The van der Waals surface area contributed by atoms with Crippen LogP contribution in [0.25, 0.3) is 66.4 Å². The second-order valence-corrected chi connectivity index (χ2v) is 11.3. The Kier molecular flexibility index (Phi) is 7.16. The maximum atomic E-state index is 8.30. The number of hydrogen-bond acceptors (Lipinski definition) is 3. The molecule has 3 heterocycles. The number of hydrogen-bond donors (Lipinski definition) is 0. The van der Waals surface area contributed by atoms with E-state index in [1.165, 1.54) is 23.7 Å². The van der Waals surface area contributed by atoms with E-state index in [0.717, 1.165) is 49.7 Å². The molecule has 0 atom stereocenters. The Morgan fingerprint density at radius 3 is 2.32 bits per heavy atom. The van der Waals surface area contributed by atoms with Gasteiger partial charge in [0.2, 0.25) is 0 Å². The standard InChI is InChI=1S/C24H18NO.C19H16N.Ir/c1-15(2)16-10-11-25-22(13-16)20-9-5-8-19-21-12-17-6-3-4-7-18(17)14-23(21)26-24(19)20;1-14-8-11-19(20-13-14)17-10-9-15(2)18(12-17)16-6-4-3-5-7-16;/h3-8,10-15H,1-2H3;3-9,11-13H,1-2H3;/q2*-1;/i15D;1D3,2D3;. The largest absolute Gasteiger partial charge is 0.501 e. The predicted octanol–water partition coefficient (Wildman–Crippen LogP) is 11.6. The molecule has 0 fully saturated rings. The summed E-state index contributed by atoms with van der Waals surface area (Å²) in [6, 6.07) is 42.2. The fraction of sp³-hybridized carbons (Fsp3) is 0.116. The Balaban J connectivity index is 0.000000181. The molecule has 4 heteroatoms. The van der Waals surface area contributed by atoms with E-state index in [-0.39, 0.29) is 31.2 Å². The summed E-state index contributed by atoms with van der Waals surface area (Å²) in [5.41, 5.74) is 7.06. The molecule has 5 aromatic carbocycles. The van der Waals surface area contributed by atoms with E-state index in [1.807, 2.05) is 80.6 Å². The van der Waals surface area contributed by atoms with Crippen LogP contribution in [0.1, 0.15) is 46.0 Å². The zero-order valence-electron chi connectivity index (χ0n) is 32.8. The molecule has 0 aliphatic carbocycles. The van der Waals surface area contributed by atoms with Gasteiger partial charge in [0.15, 0.2) is 0 Å². The monoisotopic (exact) mass is 794 g/mol. The molecule has 0 saturated heterocycles.